The molecule has 0 aliphatic carbocycles. The number of ether oxygens (including phenoxy) is 2. The molecule has 1 unspecified atom stereocenters. The molecule has 0 amide bonds. The van der Waals surface area contributed by atoms with E-state index >= 15 is 0 Å². The second-order valence-corrected chi connectivity index (χ2v) is 4.70. The van der Waals surface area contributed by atoms with Crippen molar-refractivity contribution >= 4 is 0 Å². The van der Waals surface area contributed by atoms with Gasteiger partial charge in [0.15, 0.2) is 11.5 Å². The number of nitrogens with one attached hydrogen (secondary N) is 1. The van der Waals surface area contributed by atoms with Crippen molar-refractivity contribution in [1.29, 1.82) is 0 Å². The number of methoxy groups -OCH3 is 2. The van der Waals surface area contributed by atoms with Gasteiger partial charge >= 0.3 is 0 Å². The fourth-order valence-corrected chi connectivity index (χ4v) is 2.45. The first-order valence-corrected chi connectivity index (χ1v) is 6.66. The first kappa shape index (κ1) is 14.4. The highest BCUT2D eigenvalue weighted by molar-refractivity contribution is 5.50. The lowest BCUT2D eigenvalue weighted by Gasteiger charge is -2.21. The highest BCUT2D eigenvalue weighted by Crippen LogP contribution is 2.34. The molecule has 1 atom stereocenters. The maximum absolute atomic E-state index is 5.41. The van der Waals surface area contributed by atoms with Crippen molar-refractivity contribution in [2.24, 2.45) is 0 Å². The van der Waals surface area contributed by atoms with E-state index in [-0.39, 0.29) is 6.04 Å². The zero-order valence-electron chi connectivity index (χ0n) is 12.4. The molecule has 106 valence electrons. The van der Waals surface area contributed by atoms with Gasteiger partial charge in [-0.05, 0) is 42.8 Å². The van der Waals surface area contributed by atoms with Crippen molar-refractivity contribution in [1.82, 2.24) is 5.32 Å². The van der Waals surface area contributed by atoms with E-state index in [1.54, 1.807) is 14.2 Å². The summed E-state index contributed by atoms with van der Waals surface area (Å²) in [6, 6.07) is 14.6. The first-order chi connectivity index (χ1) is 9.71. The van der Waals surface area contributed by atoms with Crippen LogP contribution < -0.4 is 14.8 Å². The summed E-state index contributed by atoms with van der Waals surface area (Å²) in [5, 5.41) is 3.37. The smallest absolute Gasteiger partial charge is 0.161 e. The van der Waals surface area contributed by atoms with E-state index < -0.39 is 0 Å². The van der Waals surface area contributed by atoms with E-state index in [2.05, 4.69) is 36.5 Å². The van der Waals surface area contributed by atoms with Crippen LogP contribution in [0, 0.1) is 6.92 Å². The number of hydrogen-bond acceptors (Lipinski definition) is 3. The summed E-state index contributed by atoms with van der Waals surface area (Å²) in [4.78, 5) is 0. The molecule has 0 saturated carbocycles. The molecule has 2 aromatic carbocycles. The van der Waals surface area contributed by atoms with Crippen LogP contribution in [0.5, 0.6) is 11.5 Å². The van der Waals surface area contributed by atoms with Gasteiger partial charge in [-0.1, -0.05) is 30.3 Å². The highest BCUT2D eigenvalue weighted by atomic mass is 16.5. The van der Waals surface area contributed by atoms with Crippen LogP contribution in [0.1, 0.15) is 22.7 Å². The Hall–Kier alpha value is -2.00. The van der Waals surface area contributed by atoms with E-state index in [1.807, 2.05) is 25.2 Å². The Labute approximate surface area is 120 Å². The van der Waals surface area contributed by atoms with Gasteiger partial charge in [-0.15, -0.1) is 0 Å². The maximum Gasteiger partial charge on any atom is 0.161 e. The van der Waals surface area contributed by atoms with Crippen molar-refractivity contribution in [3.8, 4) is 11.5 Å². The summed E-state index contributed by atoms with van der Waals surface area (Å²) < 4.78 is 10.8. The minimum atomic E-state index is 0.135. The predicted molar refractivity (Wildman–Crippen MR) is 81.6 cm³/mol. The van der Waals surface area contributed by atoms with Gasteiger partial charge in [0.2, 0.25) is 0 Å². The molecule has 0 aromatic heterocycles. The second-order valence-electron chi connectivity index (χ2n) is 4.70. The largest absolute Gasteiger partial charge is 0.493 e. The molecule has 0 aliphatic heterocycles. The molecule has 0 bridgehead atoms. The van der Waals surface area contributed by atoms with Gasteiger partial charge in [0.25, 0.3) is 0 Å². The van der Waals surface area contributed by atoms with Crippen molar-refractivity contribution in [3.05, 3.63) is 59.2 Å². The molecule has 20 heavy (non-hydrogen) atoms. The van der Waals surface area contributed by atoms with Crippen LogP contribution in [0.4, 0.5) is 0 Å². The Morgan fingerprint density at radius 1 is 0.950 bits per heavy atom. The second kappa shape index (κ2) is 6.44. The molecule has 0 spiro atoms. The van der Waals surface area contributed by atoms with Crippen molar-refractivity contribution in [2.75, 3.05) is 21.3 Å². The minimum Gasteiger partial charge on any atom is -0.493 e. The molecule has 3 nitrogen and oxygen atoms in total. The summed E-state index contributed by atoms with van der Waals surface area (Å²) in [6.45, 7) is 2.09. The predicted octanol–water partition coefficient (Wildman–Crippen LogP) is 3.32. The number of aryl methyl sites for hydroxylation is 1. The lowest BCUT2D eigenvalue weighted by atomic mass is 9.94. The Bertz CT molecular complexity index is 567. The lowest BCUT2D eigenvalue weighted by Crippen LogP contribution is -2.18. The van der Waals surface area contributed by atoms with Gasteiger partial charge in [-0.3, -0.25) is 0 Å². The molecule has 1 N–H and O–H groups in total. The molecule has 0 radical (unpaired) electrons. The number of rotatable bonds is 5. The van der Waals surface area contributed by atoms with Gasteiger partial charge in [-0.2, -0.15) is 0 Å². The van der Waals surface area contributed by atoms with Crippen LogP contribution in [0.15, 0.2) is 42.5 Å². The maximum atomic E-state index is 5.41. The summed E-state index contributed by atoms with van der Waals surface area (Å²) in [5.74, 6) is 1.51. The summed E-state index contributed by atoms with van der Waals surface area (Å²) in [5.41, 5.74) is 3.59. The highest BCUT2D eigenvalue weighted by Gasteiger charge is 2.17. The van der Waals surface area contributed by atoms with Gasteiger partial charge in [0.1, 0.15) is 0 Å². The number of benzene rings is 2. The molecule has 0 fully saturated rings. The SMILES string of the molecule is CNC(c1ccccc1)c1cc(OC)c(OC)cc1C. The van der Waals surface area contributed by atoms with Crippen LogP contribution in [-0.2, 0) is 0 Å². The zero-order valence-corrected chi connectivity index (χ0v) is 12.4. The molecule has 0 heterocycles. The van der Waals surface area contributed by atoms with Gasteiger partial charge in [-0.25, -0.2) is 0 Å². The Morgan fingerprint density at radius 3 is 2.10 bits per heavy atom. The Morgan fingerprint density at radius 2 is 1.55 bits per heavy atom. The van der Waals surface area contributed by atoms with Crippen molar-refractivity contribution in [2.45, 2.75) is 13.0 Å². The number of hydrogen-bond donors (Lipinski definition) is 1. The molecule has 3 heteroatoms. The minimum absolute atomic E-state index is 0.135. The molecule has 0 aliphatic rings. The van der Waals surface area contributed by atoms with Crippen LogP contribution in [-0.4, -0.2) is 21.3 Å². The average Bonchev–Trinajstić information content (AvgIpc) is 2.50. The topological polar surface area (TPSA) is 30.5 Å². The van der Waals surface area contributed by atoms with Crippen molar-refractivity contribution in [3.63, 3.8) is 0 Å². The zero-order chi connectivity index (χ0) is 14.5. The van der Waals surface area contributed by atoms with E-state index in [4.69, 9.17) is 9.47 Å². The van der Waals surface area contributed by atoms with E-state index in [9.17, 15) is 0 Å². The fourth-order valence-electron chi connectivity index (χ4n) is 2.45. The van der Waals surface area contributed by atoms with Crippen LogP contribution in [0.25, 0.3) is 0 Å². The fraction of sp³-hybridized carbons (Fsp3) is 0.294. The van der Waals surface area contributed by atoms with E-state index in [0.29, 0.717) is 0 Å². The first-order valence-electron chi connectivity index (χ1n) is 6.66. The standard InChI is InChI=1S/C17H21NO2/c1-12-10-15(19-3)16(20-4)11-14(12)17(18-2)13-8-6-5-7-9-13/h5-11,17-18H,1-4H3. The Balaban J connectivity index is 2.50. The Kier molecular flexibility index (Phi) is 4.64. The third kappa shape index (κ3) is 2.78. The van der Waals surface area contributed by atoms with Crippen molar-refractivity contribution < 1.29 is 9.47 Å². The average molecular weight is 271 g/mol. The summed E-state index contributed by atoms with van der Waals surface area (Å²) >= 11 is 0. The van der Waals surface area contributed by atoms with Gasteiger partial charge in [0, 0.05) is 0 Å². The van der Waals surface area contributed by atoms with Gasteiger partial charge in [0.05, 0.1) is 20.3 Å². The lowest BCUT2D eigenvalue weighted by molar-refractivity contribution is 0.354. The third-order valence-electron chi connectivity index (χ3n) is 3.50. The molecular weight excluding hydrogens is 250 g/mol. The molecule has 2 rings (SSSR count). The monoisotopic (exact) mass is 271 g/mol. The molecule has 0 saturated heterocycles. The third-order valence-corrected chi connectivity index (χ3v) is 3.50. The quantitative estimate of drug-likeness (QED) is 0.905. The summed E-state index contributed by atoms with van der Waals surface area (Å²) in [7, 11) is 5.28. The van der Waals surface area contributed by atoms with Crippen LogP contribution >= 0.6 is 0 Å². The van der Waals surface area contributed by atoms with E-state index in [1.165, 1.54) is 16.7 Å². The van der Waals surface area contributed by atoms with E-state index in [0.717, 1.165) is 11.5 Å². The molecular formula is C17H21NO2. The normalized spacial score (nSPS) is 12.0. The summed E-state index contributed by atoms with van der Waals surface area (Å²) in [6.07, 6.45) is 0. The van der Waals surface area contributed by atoms with Crippen LogP contribution in [0.2, 0.25) is 0 Å². The van der Waals surface area contributed by atoms with Gasteiger partial charge < -0.3 is 14.8 Å². The molecule has 2 aromatic rings. The van der Waals surface area contributed by atoms with Crippen LogP contribution in [0.3, 0.4) is 0 Å².